The summed E-state index contributed by atoms with van der Waals surface area (Å²) in [6.07, 6.45) is 6.17. The smallest absolute Gasteiger partial charge is 0.272 e. The van der Waals surface area contributed by atoms with Gasteiger partial charge in [-0.3, -0.25) is 9.78 Å². The number of likely N-dealkylation sites (tertiary alicyclic amines) is 1. The predicted molar refractivity (Wildman–Crippen MR) is 76.1 cm³/mol. The van der Waals surface area contributed by atoms with Crippen LogP contribution in [0.1, 0.15) is 41.7 Å². The first-order chi connectivity index (χ1) is 8.74. The molecule has 0 aliphatic carbocycles. The van der Waals surface area contributed by atoms with Crippen molar-refractivity contribution >= 4 is 21.8 Å². The van der Waals surface area contributed by atoms with Gasteiger partial charge in [0.05, 0.1) is 0 Å². The van der Waals surface area contributed by atoms with E-state index < -0.39 is 0 Å². The fourth-order valence-electron chi connectivity index (χ4n) is 2.54. The molecule has 1 aliphatic heterocycles. The zero-order chi connectivity index (χ0) is 13.0. The van der Waals surface area contributed by atoms with Crippen LogP contribution in [0.25, 0.3) is 0 Å². The standard InChI is InChI=1S/C14H19BrN2O/c1-11-5-4-9-16-13(11)14(18)17-10-3-2-6-12(17)7-8-15/h4-5,9,12H,2-3,6-8,10H2,1H3. The Balaban J connectivity index is 2.18. The largest absolute Gasteiger partial charge is 0.334 e. The average molecular weight is 311 g/mol. The van der Waals surface area contributed by atoms with Gasteiger partial charge in [0.2, 0.25) is 0 Å². The first kappa shape index (κ1) is 13.5. The lowest BCUT2D eigenvalue weighted by atomic mass is 9.99. The van der Waals surface area contributed by atoms with E-state index in [9.17, 15) is 4.79 Å². The molecule has 1 saturated heterocycles. The van der Waals surface area contributed by atoms with Gasteiger partial charge in [-0.1, -0.05) is 22.0 Å². The van der Waals surface area contributed by atoms with Gasteiger partial charge in [0.15, 0.2) is 0 Å². The molecule has 1 aromatic rings. The molecule has 1 unspecified atom stereocenters. The van der Waals surface area contributed by atoms with E-state index in [2.05, 4.69) is 20.9 Å². The molecule has 1 fully saturated rings. The highest BCUT2D eigenvalue weighted by Gasteiger charge is 2.28. The molecule has 0 radical (unpaired) electrons. The van der Waals surface area contributed by atoms with Crippen LogP contribution in [0, 0.1) is 6.92 Å². The van der Waals surface area contributed by atoms with E-state index in [1.54, 1.807) is 6.20 Å². The maximum absolute atomic E-state index is 12.6. The molecule has 0 aromatic carbocycles. The molecule has 0 saturated carbocycles. The van der Waals surface area contributed by atoms with E-state index in [0.717, 1.165) is 36.7 Å². The molecule has 98 valence electrons. The summed E-state index contributed by atoms with van der Waals surface area (Å²) in [4.78, 5) is 18.8. The average Bonchev–Trinajstić information content (AvgIpc) is 2.40. The number of carbonyl (C=O) groups is 1. The van der Waals surface area contributed by atoms with Crippen molar-refractivity contribution in [1.29, 1.82) is 0 Å². The van der Waals surface area contributed by atoms with Gasteiger partial charge in [0.25, 0.3) is 5.91 Å². The molecule has 1 aliphatic rings. The summed E-state index contributed by atoms with van der Waals surface area (Å²) >= 11 is 3.48. The monoisotopic (exact) mass is 310 g/mol. The number of amides is 1. The van der Waals surface area contributed by atoms with Crippen molar-refractivity contribution < 1.29 is 4.79 Å². The van der Waals surface area contributed by atoms with Crippen molar-refractivity contribution in [2.45, 2.75) is 38.6 Å². The van der Waals surface area contributed by atoms with Crippen LogP contribution < -0.4 is 0 Å². The Kier molecular flexibility index (Phi) is 4.75. The molecule has 1 amide bonds. The third kappa shape index (κ3) is 2.91. The first-order valence-electron chi connectivity index (χ1n) is 6.52. The first-order valence-corrected chi connectivity index (χ1v) is 7.64. The van der Waals surface area contributed by atoms with Crippen LogP contribution in [0.5, 0.6) is 0 Å². The van der Waals surface area contributed by atoms with E-state index >= 15 is 0 Å². The predicted octanol–water partition coefficient (Wildman–Crippen LogP) is 3.17. The lowest BCUT2D eigenvalue weighted by Crippen LogP contribution is -2.44. The Labute approximate surface area is 117 Å². The van der Waals surface area contributed by atoms with Crippen LogP contribution in [-0.2, 0) is 0 Å². The number of alkyl halides is 1. The maximum atomic E-state index is 12.6. The van der Waals surface area contributed by atoms with Gasteiger partial charge in [-0.2, -0.15) is 0 Å². The second-order valence-corrected chi connectivity index (χ2v) is 5.59. The van der Waals surface area contributed by atoms with E-state index in [-0.39, 0.29) is 5.91 Å². The molecule has 0 bridgehead atoms. The molecular formula is C14H19BrN2O. The number of aryl methyl sites for hydroxylation is 1. The van der Waals surface area contributed by atoms with Gasteiger partial charge in [-0.25, -0.2) is 0 Å². The highest BCUT2D eigenvalue weighted by molar-refractivity contribution is 9.09. The van der Waals surface area contributed by atoms with Crippen LogP contribution in [0.2, 0.25) is 0 Å². The van der Waals surface area contributed by atoms with Gasteiger partial charge in [-0.05, 0) is 44.2 Å². The van der Waals surface area contributed by atoms with Gasteiger partial charge in [-0.15, -0.1) is 0 Å². The maximum Gasteiger partial charge on any atom is 0.272 e. The third-order valence-electron chi connectivity index (χ3n) is 3.54. The number of hydrogen-bond acceptors (Lipinski definition) is 2. The molecule has 2 rings (SSSR count). The summed E-state index contributed by atoms with van der Waals surface area (Å²) in [6.45, 7) is 2.82. The molecule has 1 aromatic heterocycles. The highest BCUT2D eigenvalue weighted by atomic mass is 79.9. The Morgan fingerprint density at radius 1 is 1.56 bits per heavy atom. The fourth-order valence-corrected chi connectivity index (χ4v) is 3.07. The molecule has 18 heavy (non-hydrogen) atoms. The van der Waals surface area contributed by atoms with Gasteiger partial charge >= 0.3 is 0 Å². The second-order valence-electron chi connectivity index (χ2n) is 4.79. The lowest BCUT2D eigenvalue weighted by molar-refractivity contribution is 0.0603. The van der Waals surface area contributed by atoms with E-state index in [0.29, 0.717) is 11.7 Å². The number of halogens is 1. The molecule has 3 nitrogen and oxygen atoms in total. The Bertz CT molecular complexity index is 420. The zero-order valence-corrected chi connectivity index (χ0v) is 12.3. The minimum atomic E-state index is 0.0961. The summed E-state index contributed by atoms with van der Waals surface area (Å²) in [7, 11) is 0. The van der Waals surface area contributed by atoms with Crippen molar-refractivity contribution in [3.8, 4) is 0 Å². The van der Waals surface area contributed by atoms with Crippen molar-refractivity contribution in [1.82, 2.24) is 9.88 Å². The third-order valence-corrected chi connectivity index (χ3v) is 4.00. The number of carbonyl (C=O) groups excluding carboxylic acids is 1. The number of hydrogen-bond donors (Lipinski definition) is 0. The van der Waals surface area contributed by atoms with Gasteiger partial charge in [0, 0.05) is 24.1 Å². The normalized spacial score (nSPS) is 19.9. The molecular weight excluding hydrogens is 292 g/mol. The minimum Gasteiger partial charge on any atom is -0.334 e. The number of piperidine rings is 1. The molecule has 1 atom stereocenters. The van der Waals surface area contributed by atoms with E-state index in [1.165, 1.54) is 6.42 Å². The van der Waals surface area contributed by atoms with Crippen LogP contribution >= 0.6 is 15.9 Å². The summed E-state index contributed by atoms with van der Waals surface area (Å²) in [6, 6.07) is 4.19. The summed E-state index contributed by atoms with van der Waals surface area (Å²) < 4.78 is 0. The van der Waals surface area contributed by atoms with Gasteiger partial charge < -0.3 is 4.90 Å². The Hall–Kier alpha value is -0.900. The highest BCUT2D eigenvalue weighted by Crippen LogP contribution is 2.22. The molecule has 4 heteroatoms. The minimum absolute atomic E-state index is 0.0961. The number of aromatic nitrogens is 1. The molecule has 0 N–H and O–H groups in total. The summed E-state index contributed by atoms with van der Waals surface area (Å²) in [5.41, 5.74) is 1.57. The van der Waals surface area contributed by atoms with Crippen molar-refractivity contribution in [3.05, 3.63) is 29.6 Å². The Morgan fingerprint density at radius 3 is 3.11 bits per heavy atom. The molecule has 2 heterocycles. The lowest BCUT2D eigenvalue weighted by Gasteiger charge is -2.35. The van der Waals surface area contributed by atoms with Crippen molar-refractivity contribution in [3.63, 3.8) is 0 Å². The number of pyridine rings is 1. The van der Waals surface area contributed by atoms with Crippen LogP contribution in [-0.4, -0.2) is 33.7 Å². The van der Waals surface area contributed by atoms with Crippen LogP contribution in [0.4, 0.5) is 0 Å². The number of rotatable bonds is 3. The number of nitrogens with zero attached hydrogens (tertiary/aromatic N) is 2. The quantitative estimate of drug-likeness (QED) is 0.803. The van der Waals surface area contributed by atoms with Crippen molar-refractivity contribution in [2.24, 2.45) is 0 Å². The zero-order valence-electron chi connectivity index (χ0n) is 10.7. The Morgan fingerprint density at radius 2 is 2.39 bits per heavy atom. The van der Waals surface area contributed by atoms with E-state index in [1.807, 2.05) is 24.0 Å². The summed E-state index contributed by atoms with van der Waals surface area (Å²) in [5.74, 6) is 0.0961. The fraction of sp³-hybridized carbons (Fsp3) is 0.571. The van der Waals surface area contributed by atoms with Crippen LogP contribution in [0.3, 0.4) is 0 Å². The summed E-state index contributed by atoms with van der Waals surface area (Å²) in [5, 5.41) is 0.947. The van der Waals surface area contributed by atoms with Crippen LogP contribution in [0.15, 0.2) is 18.3 Å². The van der Waals surface area contributed by atoms with E-state index in [4.69, 9.17) is 0 Å². The topological polar surface area (TPSA) is 33.2 Å². The van der Waals surface area contributed by atoms with Gasteiger partial charge in [0.1, 0.15) is 5.69 Å². The SMILES string of the molecule is Cc1cccnc1C(=O)N1CCCCC1CCBr. The second kappa shape index (κ2) is 6.32. The molecule has 0 spiro atoms. The van der Waals surface area contributed by atoms with Crippen molar-refractivity contribution in [2.75, 3.05) is 11.9 Å².